The minimum Gasteiger partial charge on any atom is -0.491 e. The Morgan fingerprint density at radius 3 is 2.86 bits per heavy atom. The second-order valence-corrected chi connectivity index (χ2v) is 6.46. The highest BCUT2D eigenvalue weighted by Crippen LogP contribution is 2.28. The molecule has 112 valence electrons. The number of hydrogen-bond acceptors (Lipinski definition) is 4. The molecule has 2 rings (SSSR count). The average molecular weight is 369 g/mol. The molecule has 0 saturated heterocycles. The van der Waals surface area contributed by atoms with Crippen molar-refractivity contribution in [1.82, 2.24) is 4.90 Å². The Morgan fingerprint density at radius 1 is 1.48 bits per heavy atom. The van der Waals surface area contributed by atoms with Crippen molar-refractivity contribution >= 4 is 38.9 Å². The van der Waals surface area contributed by atoms with E-state index in [4.69, 9.17) is 10.5 Å². The number of nitrogen functional groups attached to an aromatic ring is 1. The van der Waals surface area contributed by atoms with Gasteiger partial charge >= 0.3 is 0 Å². The molecule has 1 aromatic heterocycles. The molecule has 2 N–H and O–H groups in total. The number of nitrogens with zero attached hydrogens (tertiary/aromatic N) is 1. The largest absolute Gasteiger partial charge is 0.491 e. The SMILES string of the molecule is CCOc1c(N)cccc1C(=O)N(C)Cc1cc(Br)cs1. The van der Waals surface area contributed by atoms with Gasteiger partial charge in [-0.1, -0.05) is 6.07 Å². The number of amides is 1. The molecule has 0 saturated carbocycles. The van der Waals surface area contributed by atoms with Gasteiger partial charge in [-0.05, 0) is 41.1 Å². The number of halogens is 1. The van der Waals surface area contributed by atoms with Crippen molar-refractivity contribution in [2.75, 3.05) is 19.4 Å². The van der Waals surface area contributed by atoms with Gasteiger partial charge in [-0.3, -0.25) is 4.79 Å². The number of para-hydroxylation sites is 1. The summed E-state index contributed by atoms with van der Waals surface area (Å²) in [6, 6.07) is 7.25. The molecule has 2 aromatic rings. The summed E-state index contributed by atoms with van der Waals surface area (Å²) in [5, 5.41) is 2.00. The van der Waals surface area contributed by atoms with Crippen molar-refractivity contribution < 1.29 is 9.53 Å². The highest BCUT2D eigenvalue weighted by molar-refractivity contribution is 9.10. The van der Waals surface area contributed by atoms with Crippen LogP contribution in [0.1, 0.15) is 22.2 Å². The lowest BCUT2D eigenvalue weighted by Crippen LogP contribution is -2.26. The first kappa shape index (κ1) is 15.9. The van der Waals surface area contributed by atoms with Crippen LogP contribution in [-0.4, -0.2) is 24.5 Å². The fourth-order valence-corrected chi connectivity index (χ4v) is 3.48. The zero-order valence-corrected chi connectivity index (χ0v) is 14.3. The van der Waals surface area contributed by atoms with E-state index in [0.29, 0.717) is 30.2 Å². The van der Waals surface area contributed by atoms with Gasteiger partial charge in [-0.25, -0.2) is 0 Å². The maximum Gasteiger partial charge on any atom is 0.257 e. The Hall–Kier alpha value is -1.53. The van der Waals surface area contributed by atoms with Gasteiger partial charge in [0.2, 0.25) is 0 Å². The zero-order chi connectivity index (χ0) is 15.4. The second kappa shape index (κ2) is 6.95. The Balaban J connectivity index is 2.21. The van der Waals surface area contributed by atoms with Crippen LogP contribution in [0.5, 0.6) is 5.75 Å². The van der Waals surface area contributed by atoms with Crippen LogP contribution in [0.4, 0.5) is 5.69 Å². The minimum absolute atomic E-state index is 0.102. The van der Waals surface area contributed by atoms with E-state index in [1.54, 1.807) is 41.5 Å². The monoisotopic (exact) mass is 368 g/mol. The Kier molecular flexibility index (Phi) is 5.25. The maximum atomic E-state index is 12.6. The predicted octanol–water partition coefficient (Wildman–Crippen LogP) is 3.76. The van der Waals surface area contributed by atoms with Crippen LogP contribution in [0.15, 0.2) is 34.1 Å². The lowest BCUT2D eigenvalue weighted by Gasteiger charge is -2.19. The molecular weight excluding hydrogens is 352 g/mol. The summed E-state index contributed by atoms with van der Waals surface area (Å²) >= 11 is 5.03. The fourth-order valence-electron chi connectivity index (χ4n) is 1.98. The minimum atomic E-state index is -0.102. The summed E-state index contributed by atoms with van der Waals surface area (Å²) in [4.78, 5) is 15.4. The van der Waals surface area contributed by atoms with Crippen molar-refractivity contribution in [2.24, 2.45) is 0 Å². The first-order chi connectivity index (χ1) is 10.0. The van der Waals surface area contributed by atoms with E-state index < -0.39 is 0 Å². The summed E-state index contributed by atoms with van der Waals surface area (Å²) in [6.07, 6.45) is 0. The van der Waals surface area contributed by atoms with Gasteiger partial charge in [0, 0.05) is 21.8 Å². The van der Waals surface area contributed by atoms with Gasteiger partial charge in [0.25, 0.3) is 5.91 Å². The number of benzene rings is 1. The van der Waals surface area contributed by atoms with Crippen LogP contribution < -0.4 is 10.5 Å². The molecule has 0 fully saturated rings. The van der Waals surface area contributed by atoms with Crippen molar-refractivity contribution in [3.8, 4) is 5.75 Å². The smallest absolute Gasteiger partial charge is 0.257 e. The lowest BCUT2D eigenvalue weighted by molar-refractivity contribution is 0.0782. The van der Waals surface area contributed by atoms with E-state index in [0.717, 1.165) is 9.35 Å². The standard InChI is InChI=1S/C15H17BrN2O2S/c1-3-20-14-12(5-4-6-13(14)17)15(19)18(2)8-11-7-10(16)9-21-11/h4-7,9H,3,8,17H2,1-2H3. The fraction of sp³-hybridized carbons (Fsp3) is 0.267. The normalized spacial score (nSPS) is 10.4. The highest BCUT2D eigenvalue weighted by Gasteiger charge is 2.19. The third-order valence-corrected chi connectivity index (χ3v) is 4.61. The zero-order valence-electron chi connectivity index (χ0n) is 11.9. The molecule has 0 atom stereocenters. The molecule has 21 heavy (non-hydrogen) atoms. The molecular formula is C15H17BrN2O2S. The van der Waals surface area contributed by atoms with E-state index in [1.807, 2.05) is 18.4 Å². The number of ether oxygens (including phenoxy) is 1. The number of anilines is 1. The summed E-state index contributed by atoms with van der Waals surface area (Å²) in [6.45, 7) is 2.89. The van der Waals surface area contributed by atoms with Crippen molar-refractivity contribution in [1.29, 1.82) is 0 Å². The predicted molar refractivity (Wildman–Crippen MR) is 89.8 cm³/mol. The van der Waals surface area contributed by atoms with Crippen LogP contribution in [-0.2, 0) is 6.54 Å². The summed E-state index contributed by atoms with van der Waals surface area (Å²) < 4.78 is 6.55. The molecule has 4 nitrogen and oxygen atoms in total. The highest BCUT2D eigenvalue weighted by atomic mass is 79.9. The number of nitrogens with two attached hydrogens (primary N) is 1. The van der Waals surface area contributed by atoms with Crippen LogP contribution >= 0.6 is 27.3 Å². The molecule has 0 radical (unpaired) electrons. The van der Waals surface area contributed by atoms with Gasteiger partial charge in [-0.15, -0.1) is 11.3 Å². The quantitative estimate of drug-likeness (QED) is 0.817. The van der Waals surface area contributed by atoms with E-state index in [2.05, 4.69) is 15.9 Å². The molecule has 0 spiro atoms. The summed E-state index contributed by atoms with van der Waals surface area (Å²) in [7, 11) is 1.77. The number of carbonyl (C=O) groups is 1. The van der Waals surface area contributed by atoms with Gasteiger partial charge in [0.15, 0.2) is 5.75 Å². The maximum absolute atomic E-state index is 12.6. The average Bonchev–Trinajstić information content (AvgIpc) is 2.85. The van der Waals surface area contributed by atoms with Crippen LogP contribution in [0.25, 0.3) is 0 Å². The number of rotatable bonds is 5. The number of hydrogen-bond donors (Lipinski definition) is 1. The van der Waals surface area contributed by atoms with Gasteiger partial charge < -0.3 is 15.4 Å². The third kappa shape index (κ3) is 3.77. The van der Waals surface area contributed by atoms with Crippen LogP contribution in [0.3, 0.4) is 0 Å². The third-order valence-electron chi connectivity index (χ3n) is 2.93. The van der Waals surface area contributed by atoms with Crippen LogP contribution in [0, 0.1) is 0 Å². The van der Waals surface area contributed by atoms with Gasteiger partial charge in [0.05, 0.1) is 24.4 Å². The van der Waals surface area contributed by atoms with Crippen molar-refractivity contribution in [3.63, 3.8) is 0 Å². The Morgan fingerprint density at radius 2 is 2.24 bits per heavy atom. The summed E-state index contributed by atoms with van der Waals surface area (Å²) in [5.41, 5.74) is 6.88. The number of carbonyl (C=O) groups excluding carboxylic acids is 1. The molecule has 0 unspecified atom stereocenters. The second-order valence-electron chi connectivity index (χ2n) is 4.55. The lowest BCUT2D eigenvalue weighted by atomic mass is 10.1. The van der Waals surface area contributed by atoms with E-state index in [1.165, 1.54) is 0 Å². The topological polar surface area (TPSA) is 55.6 Å². The molecule has 1 amide bonds. The first-order valence-corrected chi connectivity index (χ1v) is 8.19. The van der Waals surface area contributed by atoms with Crippen molar-refractivity contribution in [3.05, 3.63) is 44.6 Å². The molecule has 0 bridgehead atoms. The van der Waals surface area contributed by atoms with Gasteiger partial charge in [0.1, 0.15) is 0 Å². The molecule has 1 heterocycles. The van der Waals surface area contributed by atoms with E-state index in [9.17, 15) is 4.79 Å². The number of thiophene rings is 1. The molecule has 0 aliphatic rings. The Bertz CT molecular complexity index is 642. The van der Waals surface area contributed by atoms with E-state index >= 15 is 0 Å². The molecule has 0 aliphatic heterocycles. The molecule has 6 heteroatoms. The first-order valence-electron chi connectivity index (χ1n) is 6.52. The summed E-state index contributed by atoms with van der Waals surface area (Å²) in [5.74, 6) is 0.361. The Labute approximate surface area is 136 Å². The molecule has 1 aromatic carbocycles. The molecule has 0 aliphatic carbocycles. The van der Waals surface area contributed by atoms with Gasteiger partial charge in [-0.2, -0.15) is 0 Å². The van der Waals surface area contributed by atoms with Crippen molar-refractivity contribution in [2.45, 2.75) is 13.5 Å². The van der Waals surface area contributed by atoms with E-state index in [-0.39, 0.29) is 5.91 Å². The van der Waals surface area contributed by atoms with Crippen LogP contribution in [0.2, 0.25) is 0 Å².